The summed E-state index contributed by atoms with van der Waals surface area (Å²) in [6.45, 7) is 7.98. The summed E-state index contributed by atoms with van der Waals surface area (Å²) in [5, 5.41) is 4.01. The smallest absolute Gasteiger partial charge is 0.124 e. The highest BCUT2D eigenvalue weighted by atomic mass is 16.5. The maximum absolute atomic E-state index is 5.48. The molecule has 1 heterocycles. The van der Waals surface area contributed by atoms with E-state index < -0.39 is 0 Å². The van der Waals surface area contributed by atoms with Crippen molar-refractivity contribution < 1.29 is 14.0 Å². The SMILES string of the molecule is COc1ccc(OC)c(CN(Cc2ccon2)C(C)(C)C)c1. The van der Waals surface area contributed by atoms with E-state index >= 15 is 0 Å². The average molecular weight is 304 g/mol. The van der Waals surface area contributed by atoms with Gasteiger partial charge in [-0.2, -0.15) is 0 Å². The van der Waals surface area contributed by atoms with E-state index in [9.17, 15) is 0 Å². The first-order chi connectivity index (χ1) is 10.4. The Morgan fingerprint density at radius 1 is 1.09 bits per heavy atom. The summed E-state index contributed by atoms with van der Waals surface area (Å²) in [5.41, 5.74) is 1.98. The molecule has 0 aliphatic carbocycles. The Balaban J connectivity index is 2.26. The predicted octanol–water partition coefficient (Wildman–Crippen LogP) is 3.49. The zero-order valence-electron chi connectivity index (χ0n) is 13.9. The van der Waals surface area contributed by atoms with Gasteiger partial charge in [-0.3, -0.25) is 4.90 Å². The van der Waals surface area contributed by atoms with E-state index in [0.717, 1.165) is 29.3 Å². The van der Waals surface area contributed by atoms with Crippen molar-refractivity contribution >= 4 is 0 Å². The summed E-state index contributed by atoms with van der Waals surface area (Å²) in [5.74, 6) is 1.68. The Kier molecular flexibility index (Phi) is 5.08. The fourth-order valence-electron chi connectivity index (χ4n) is 2.26. The molecule has 0 aliphatic heterocycles. The highest BCUT2D eigenvalue weighted by Gasteiger charge is 2.24. The molecule has 0 aliphatic rings. The molecule has 0 radical (unpaired) electrons. The molecule has 2 rings (SSSR count). The second kappa shape index (κ2) is 6.83. The summed E-state index contributed by atoms with van der Waals surface area (Å²) >= 11 is 0. The number of hydrogen-bond acceptors (Lipinski definition) is 5. The molecule has 1 aromatic heterocycles. The lowest BCUT2D eigenvalue weighted by molar-refractivity contribution is 0.114. The van der Waals surface area contributed by atoms with Crippen LogP contribution in [-0.4, -0.2) is 29.8 Å². The molecule has 1 aromatic carbocycles. The molecule has 0 amide bonds. The van der Waals surface area contributed by atoms with Gasteiger partial charge in [0.15, 0.2) is 0 Å². The number of hydrogen-bond donors (Lipinski definition) is 0. The van der Waals surface area contributed by atoms with Gasteiger partial charge >= 0.3 is 0 Å². The number of nitrogens with zero attached hydrogens (tertiary/aromatic N) is 2. The van der Waals surface area contributed by atoms with Crippen LogP contribution in [0.4, 0.5) is 0 Å². The summed E-state index contributed by atoms with van der Waals surface area (Å²) < 4.78 is 15.7. The van der Waals surface area contributed by atoms with Gasteiger partial charge in [0.2, 0.25) is 0 Å². The minimum absolute atomic E-state index is 0.0208. The average Bonchev–Trinajstić information content (AvgIpc) is 2.98. The first kappa shape index (κ1) is 16.4. The Bertz CT molecular complexity index is 588. The fourth-order valence-corrected chi connectivity index (χ4v) is 2.26. The Hall–Kier alpha value is -2.01. The van der Waals surface area contributed by atoms with Gasteiger partial charge in [0.25, 0.3) is 0 Å². The van der Waals surface area contributed by atoms with Crippen LogP contribution >= 0.6 is 0 Å². The summed E-state index contributed by atoms with van der Waals surface area (Å²) in [4.78, 5) is 2.32. The Morgan fingerprint density at radius 3 is 2.41 bits per heavy atom. The van der Waals surface area contributed by atoms with Crippen molar-refractivity contribution in [3.8, 4) is 11.5 Å². The van der Waals surface area contributed by atoms with Crippen LogP contribution in [0.15, 0.2) is 35.1 Å². The topological polar surface area (TPSA) is 47.7 Å². The van der Waals surface area contributed by atoms with Crippen molar-refractivity contribution in [3.63, 3.8) is 0 Å². The van der Waals surface area contributed by atoms with Gasteiger partial charge in [0.05, 0.1) is 19.9 Å². The molecular weight excluding hydrogens is 280 g/mol. The van der Waals surface area contributed by atoms with Crippen molar-refractivity contribution in [1.82, 2.24) is 10.1 Å². The third kappa shape index (κ3) is 4.01. The summed E-state index contributed by atoms with van der Waals surface area (Å²) in [6, 6.07) is 7.74. The van der Waals surface area contributed by atoms with Crippen LogP contribution in [0, 0.1) is 0 Å². The lowest BCUT2D eigenvalue weighted by Crippen LogP contribution is -2.40. The van der Waals surface area contributed by atoms with Crippen molar-refractivity contribution in [2.45, 2.75) is 39.4 Å². The molecule has 5 nitrogen and oxygen atoms in total. The van der Waals surface area contributed by atoms with Gasteiger partial charge in [0, 0.05) is 30.3 Å². The molecule has 22 heavy (non-hydrogen) atoms. The van der Waals surface area contributed by atoms with Crippen LogP contribution in [-0.2, 0) is 13.1 Å². The highest BCUT2D eigenvalue weighted by molar-refractivity contribution is 5.40. The molecule has 0 unspecified atom stereocenters. The van der Waals surface area contributed by atoms with E-state index in [1.807, 2.05) is 24.3 Å². The fraction of sp³-hybridized carbons (Fsp3) is 0.471. The van der Waals surface area contributed by atoms with Crippen LogP contribution < -0.4 is 9.47 Å². The van der Waals surface area contributed by atoms with Crippen molar-refractivity contribution in [3.05, 3.63) is 41.8 Å². The molecule has 0 saturated carbocycles. The molecule has 0 atom stereocenters. The van der Waals surface area contributed by atoms with Crippen LogP contribution in [0.2, 0.25) is 0 Å². The number of ether oxygens (including phenoxy) is 2. The van der Waals surface area contributed by atoms with Crippen molar-refractivity contribution in [2.24, 2.45) is 0 Å². The minimum atomic E-state index is -0.0208. The molecule has 0 saturated heterocycles. The van der Waals surface area contributed by atoms with Crippen LogP contribution in [0.5, 0.6) is 11.5 Å². The zero-order valence-corrected chi connectivity index (χ0v) is 13.9. The number of aromatic nitrogens is 1. The molecule has 0 spiro atoms. The van der Waals surface area contributed by atoms with E-state index in [1.54, 1.807) is 20.5 Å². The van der Waals surface area contributed by atoms with Crippen molar-refractivity contribution in [2.75, 3.05) is 14.2 Å². The van der Waals surface area contributed by atoms with Gasteiger partial charge in [-0.25, -0.2) is 0 Å². The molecule has 120 valence electrons. The second-order valence-electron chi connectivity index (χ2n) is 6.20. The number of benzene rings is 1. The van der Waals surface area contributed by atoms with Gasteiger partial charge in [-0.1, -0.05) is 5.16 Å². The van der Waals surface area contributed by atoms with Crippen LogP contribution in [0.3, 0.4) is 0 Å². The zero-order chi connectivity index (χ0) is 16.2. The maximum Gasteiger partial charge on any atom is 0.124 e. The molecule has 0 bridgehead atoms. The monoisotopic (exact) mass is 304 g/mol. The van der Waals surface area contributed by atoms with Crippen molar-refractivity contribution in [1.29, 1.82) is 0 Å². The molecule has 5 heteroatoms. The Morgan fingerprint density at radius 2 is 1.86 bits per heavy atom. The minimum Gasteiger partial charge on any atom is -0.497 e. The lowest BCUT2D eigenvalue weighted by Gasteiger charge is -2.35. The quantitative estimate of drug-likeness (QED) is 0.817. The normalized spacial score (nSPS) is 11.7. The van der Waals surface area contributed by atoms with Crippen LogP contribution in [0.1, 0.15) is 32.0 Å². The summed E-state index contributed by atoms with van der Waals surface area (Å²) in [7, 11) is 3.35. The largest absolute Gasteiger partial charge is 0.497 e. The van der Waals surface area contributed by atoms with Crippen LogP contribution in [0.25, 0.3) is 0 Å². The van der Waals surface area contributed by atoms with Gasteiger partial charge < -0.3 is 14.0 Å². The van der Waals surface area contributed by atoms with E-state index in [4.69, 9.17) is 14.0 Å². The standard InChI is InChI=1S/C17H24N2O3/c1-17(2,3)19(12-14-8-9-22-18-14)11-13-10-15(20-4)6-7-16(13)21-5/h6-10H,11-12H2,1-5H3. The molecule has 0 N–H and O–H groups in total. The maximum atomic E-state index is 5.48. The molecule has 2 aromatic rings. The van der Waals surface area contributed by atoms with E-state index in [-0.39, 0.29) is 5.54 Å². The molecule has 0 fully saturated rings. The van der Waals surface area contributed by atoms with E-state index in [0.29, 0.717) is 6.54 Å². The first-order valence-electron chi connectivity index (χ1n) is 7.29. The third-order valence-electron chi connectivity index (χ3n) is 3.64. The first-order valence-corrected chi connectivity index (χ1v) is 7.29. The second-order valence-corrected chi connectivity index (χ2v) is 6.20. The van der Waals surface area contributed by atoms with Gasteiger partial charge in [-0.15, -0.1) is 0 Å². The van der Waals surface area contributed by atoms with Gasteiger partial charge in [0.1, 0.15) is 17.8 Å². The number of rotatable bonds is 6. The predicted molar refractivity (Wildman–Crippen MR) is 85.0 cm³/mol. The molecular formula is C17H24N2O3. The Labute approximate surface area is 131 Å². The number of methoxy groups -OCH3 is 2. The highest BCUT2D eigenvalue weighted by Crippen LogP contribution is 2.28. The van der Waals surface area contributed by atoms with E-state index in [2.05, 4.69) is 30.8 Å². The lowest BCUT2D eigenvalue weighted by atomic mass is 10.0. The third-order valence-corrected chi connectivity index (χ3v) is 3.64. The van der Waals surface area contributed by atoms with E-state index in [1.165, 1.54) is 0 Å². The summed E-state index contributed by atoms with van der Waals surface area (Å²) in [6.07, 6.45) is 1.60. The van der Waals surface area contributed by atoms with Gasteiger partial charge in [-0.05, 0) is 39.0 Å².